The first-order valence-electron chi connectivity index (χ1n) is 5.81. The quantitative estimate of drug-likeness (QED) is 0.588. The number of nitrogens with zero attached hydrogens (tertiary/aromatic N) is 1. The minimum atomic E-state index is -0.188. The molecule has 0 fully saturated rings. The summed E-state index contributed by atoms with van der Waals surface area (Å²) in [5, 5.41) is 2.82. The Kier molecular flexibility index (Phi) is 6.27. The van der Waals surface area contributed by atoms with Crippen LogP contribution in [0.4, 0.5) is 0 Å². The lowest BCUT2D eigenvalue weighted by Gasteiger charge is -2.14. The lowest BCUT2D eigenvalue weighted by molar-refractivity contribution is -0.123. The number of ether oxygens (including phenoxy) is 1. The van der Waals surface area contributed by atoms with Gasteiger partial charge in [-0.25, -0.2) is 4.98 Å². The molecular weight excluding hydrogens is 220 g/mol. The van der Waals surface area contributed by atoms with Gasteiger partial charge in [0.2, 0.25) is 5.91 Å². The highest BCUT2D eigenvalue weighted by Crippen LogP contribution is 1.97. The van der Waals surface area contributed by atoms with E-state index in [-0.39, 0.29) is 12.0 Å². The molecule has 0 aromatic carbocycles. The van der Waals surface area contributed by atoms with Crippen molar-refractivity contribution in [1.29, 1.82) is 0 Å². The topological polar surface area (TPSA) is 93.0 Å². The molecule has 1 aromatic rings. The van der Waals surface area contributed by atoms with Crippen LogP contribution in [0.25, 0.3) is 0 Å². The first-order chi connectivity index (χ1) is 8.26. The van der Waals surface area contributed by atoms with Gasteiger partial charge < -0.3 is 20.8 Å². The molecule has 1 heterocycles. The molecule has 1 atom stereocenters. The first-order valence-corrected chi connectivity index (χ1v) is 5.81. The molecule has 1 aromatic heterocycles. The number of aromatic nitrogens is 2. The predicted octanol–water partition coefficient (Wildman–Crippen LogP) is -0.178. The highest BCUT2D eigenvalue weighted by Gasteiger charge is 2.11. The number of imidazole rings is 1. The molecule has 0 bridgehead atoms. The van der Waals surface area contributed by atoms with Gasteiger partial charge in [0.1, 0.15) is 0 Å². The Morgan fingerprint density at radius 1 is 1.71 bits per heavy atom. The van der Waals surface area contributed by atoms with Gasteiger partial charge in [0.05, 0.1) is 18.9 Å². The largest absolute Gasteiger partial charge is 0.377 e. The lowest BCUT2D eigenvalue weighted by atomic mass is 10.2. The summed E-state index contributed by atoms with van der Waals surface area (Å²) < 4.78 is 5.31. The van der Waals surface area contributed by atoms with E-state index < -0.39 is 0 Å². The maximum atomic E-state index is 11.5. The second-order valence-corrected chi connectivity index (χ2v) is 3.69. The van der Waals surface area contributed by atoms with Gasteiger partial charge in [0, 0.05) is 38.0 Å². The van der Waals surface area contributed by atoms with Crippen molar-refractivity contribution in [3.8, 4) is 0 Å². The molecule has 1 rings (SSSR count). The van der Waals surface area contributed by atoms with Crippen molar-refractivity contribution in [2.45, 2.75) is 25.9 Å². The molecule has 0 saturated heterocycles. The van der Waals surface area contributed by atoms with Crippen LogP contribution in [0, 0.1) is 0 Å². The van der Waals surface area contributed by atoms with Crippen molar-refractivity contribution in [3.63, 3.8) is 0 Å². The van der Waals surface area contributed by atoms with E-state index in [4.69, 9.17) is 10.5 Å². The SMILES string of the molecule is CCOC(CN)CC(=O)NCCc1cnc[nH]1. The standard InChI is InChI=1S/C11H20N4O2/c1-2-17-10(6-12)5-11(16)14-4-3-9-7-13-8-15-9/h7-8,10H,2-6,12H2,1H3,(H,13,15)(H,14,16). The number of carbonyl (C=O) groups excluding carboxylic acids is 1. The minimum absolute atomic E-state index is 0.0339. The molecule has 1 amide bonds. The monoisotopic (exact) mass is 240 g/mol. The van der Waals surface area contributed by atoms with Gasteiger partial charge in [0.25, 0.3) is 0 Å². The van der Waals surface area contributed by atoms with E-state index in [9.17, 15) is 4.79 Å². The van der Waals surface area contributed by atoms with Crippen LogP contribution in [0.5, 0.6) is 0 Å². The van der Waals surface area contributed by atoms with E-state index >= 15 is 0 Å². The molecule has 0 aliphatic carbocycles. The van der Waals surface area contributed by atoms with Crippen LogP contribution < -0.4 is 11.1 Å². The Bertz CT molecular complexity index is 313. The molecule has 0 aliphatic heterocycles. The number of H-pyrrole nitrogens is 1. The van der Waals surface area contributed by atoms with Gasteiger partial charge in [-0.2, -0.15) is 0 Å². The number of hydrogen-bond acceptors (Lipinski definition) is 4. The van der Waals surface area contributed by atoms with Crippen LogP contribution in [0.3, 0.4) is 0 Å². The minimum Gasteiger partial charge on any atom is -0.377 e. The second kappa shape index (κ2) is 7.81. The molecule has 1 unspecified atom stereocenters. The molecule has 0 aliphatic rings. The Morgan fingerprint density at radius 3 is 3.12 bits per heavy atom. The summed E-state index contributed by atoms with van der Waals surface area (Å²) in [6.45, 7) is 3.41. The van der Waals surface area contributed by atoms with Crippen LogP contribution in [0.15, 0.2) is 12.5 Å². The van der Waals surface area contributed by atoms with Crippen molar-refractivity contribution < 1.29 is 9.53 Å². The zero-order valence-corrected chi connectivity index (χ0v) is 10.1. The van der Waals surface area contributed by atoms with E-state index in [0.717, 1.165) is 12.1 Å². The molecule has 4 N–H and O–H groups in total. The Hall–Kier alpha value is -1.40. The molecule has 0 saturated carbocycles. The average Bonchev–Trinajstić information content (AvgIpc) is 2.81. The summed E-state index contributed by atoms with van der Waals surface area (Å²) in [5.41, 5.74) is 6.50. The summed E-state index contributed by atoms with van der Waals surface area (Å²) >= 11 is 0. The van der Waals surface area contributed by atoms with Crippen molar-refractivity contribution in [2.75, 3.05) is 19.7 Å². The Labute approximate surface area is 101 Å². The lowest BCUT2D eigenvalue weighted by Crippen LogP contribution is -2.33. The van der Waals surface area contributed by atoms with Crippen LogP contribution >= 0.6 is 0 Å². The van der Waals surface area contributed by atoms with Crippen LogP contribution in [0.1, 0.15) is 19.0 Å². The number of nitrogens with one attached hydrogen (secondary N) is 2. The van der Waals surface area contributed by atoms with Gasteiger partial charge in [-0.15, -0.1) is 0 Å². The smallest absolute Gasteiger partial charge is 0.222 e. The fraction of sp³-hybridized carbons (Fsp3) is 0.636. The average molecular weight is 240 g/mol. The molecular formula is C11H20N4O2. The molecule has 6 heteroatoms. The number of carbonyl (C=O) groups is 1. The van der Waals surface area contributed by atoms with Gasteiger partial charge in [-0.05, 0) is 6.92 Å². The van der Waals surface area contributed by atoms with Crippen molar-refractivity contribution >= 4 is 5.91 Å². The number of aromatic amines is 1. The summed E-state index contributed by atoms with van der Waals surface area (Å²) in [5.74, 6) is -0.0339. The molecule has 0 radical (unpaired) electrons. The zero-order valence-electron chi connectivity index (χ0n) is 10.1. The zero-order chi connectivity index (χ0) is 12.5. The number of hydrogen-bond donors (Lipinski definition) is 3. The van der Waals surface area contributed by atoms with E-state index in [0.29, 0.717) is 26.1 Å². The summed E-state index contributed by atoms with van der Waals surface area (Å²) in [6, 6.07) is 0. The van der Waals surface area contributed by atoms with Crippen molar-refractivity contribution in [1.82, 2.24) is 15.3 Å². The number of nitrogens with two attached hydrogens (primary N) is 1. The number of rotatable bonds is 8. The van der Waals surface area contributed by atoms with E-state index in [1.165, 1.54) is 0 Å². The molecule has 6 nitrogen and oxygen atoms in total. The highest BCUT2D eigenvalue weighted by molar-refractivity contribution is 5.76. The maximum Gasteiger partial charge on any atom is 0.222 e. The summed E-state index contributed by atoms with van der Waals surface area (Å²) in [4.78, 5) is 18.4. The normalized spacial score (nSPS) is 12.4. The second-order valence-electron chi connectivity index (χ2n) is 3.69. The Morgan fingerprint density at radius 2 is 2.53 bits per heavy atom. The van der Waals surface area contributed by atoms with Crippen molar-refractivity contribution in [2.24, 2.45) is 5.73 Å². The third kappa shape index (κ3) is 5.46. The third-order valence-electron chi connectivity index (χ3n) is 2.35. The highest BCUT2D eigenvalue weighted by atomic mass is 16.5. The summed E-state index contributed by atoms with van der Waals surface area (Å²) in [6.07, 6.45) is 4.24. The predicted molar refractivity (Wildman–Crippen MR) is 64.4 cm³/mol. The van der Waals surface area contributed by atoms with Crippen molar-refractivity contribution in [3.05, 3.63) is 18.2 Å². The fourth-order valence-electron chi connectivity index (χ4n) is 1.48. The molecule has 96 valence electrons. The van der Waals surface area contributed by atoms with E-state index in [1.807, 2.05) is 6.92 Å². The van der Waals surface area contributed by atoms with Crippen LogP contribution in [-0.4, -0.2) is 41.7 Å². The van der Waals surface area contributed by atoms with Gasteiger partial charge >= 0.3 is 0 Å². The van der Waals surface area contributed by atoms with E-state index in [2.05, 4.69) is 15.3 Å². The molecule has 0 spiro atoms. The Balaban J connectivity index is 2.16. The van der Waals surface area contributed by atoms with Crippen LogP contribution in [0.2, 0.25) is 0 Å². The van der Waals surface area contributed by atoms with Crippen LogP contribution in [-0.2, 0) is 16.0 Å². The third-order valence-corrected chi connectivity index (χ3v) is 2.35. The maximum absolute atomic E-state index is 11.5. The van der Waals surface area contributed by atoms with E-state index in [1.54, 1.807) is 12.5 Å². The van der Waals surface area contributed by atoms with Gasteiger partial charge in [-0.3, -0.25) is 4.79 Å². The summed E-state index contributed by atoms with van der Waals surface area (Å²) in [7, 11) is 0. The number of amides is 1. The van der Waals surface area contributed by atoms with Gasteiger partial charge in [0.15, 0.2) is 0 Å². The fourth-order valence-corrected chi connectivity index (χ4v) is 1.48. The molecule has 17 heavy (non-hydrogen) atoms. The first kappa shape index (κ1) is 13.7. The van der Waals surface area contributed by atoms with Gasteiger partial charge in [-0.1, -0.05) is 0 Å².